The maximum Gasteiger partial charge on any atom is 0.124 e. The summed E-state index contributed by atoms with van der Waals surface area (Å²) in [6.07, 6.45) is 0.150. The van der Waals surface area contributed by atoms with E-state index in [0.717, 1.165) is 17.9 Å². The number of ether oxygens (including phenoxy) is 1. The zero-order valence-electron chi connectivity index (χ0n) is 13.0. The molecule has 3 heteroatoms. The fourth-order valence-electron chi connectivity index (χ4n) is 2.28. The Bertz CT molecular complexity index is 567. The average molecular weight is 284 g/mol. The Morgan fingerprint density at radius 1 is 1.10 bits per heavy atom. The van der Waals surface area contributed by atoms with E-state index in [1.165, 1.54) is 11.3 Å². The number of nitrogens with two attached hydrogens (primary N) is 1. The third-order valence-corrected chi connectivity index (χ3v) is 3.33. The third-order valence-electron chi connectivity index (χ3n) is 3.33. The lowest BCUT2D eigenvalue weighted by Gasteiger charge is -2.21. The molecule has 2 aromatic carbocycles. The van der Waals surface area contributed by atoms with Gasteiger partial charge in [0.05, 0.1) is 6.10 Å². The van der Waals surface area contributed by atoms with E-state index in [1.54, 1.807) is 0 Å². The minimum atomic E-state index is 0.150. The highest BCUT2D eigenvalue weighted by Crippen LogP contribution is 2.23. The molecule has 21 heavy (non-hydrogen) atoms. The van der Waals surface area contributed by atoms with Gasteiger partial charge in [0, 0.05) is 31.4 Å². The number of nitrogens with zero attached hydrogens (tertiary/aromatic N) is 1. The molecule has 2 rings (SSSR count). The molecule has 0 heterocycles. The molecule has 0 saturated heterocycles. The lowest BCUT2D eigenvalue weighted by Crippen LogP contribution is -2.17. The standard InChI is InChI=1S/C18H24N2O/c1-14(2)21-18-11-15(9-10-16(18)12-19)13-20(3)17-7-5-4-6-8-17/h4-11,14H,12-13,19H2,1-3H3. The monoisotopic (exact) mass is 284 g/mol. The smallest absolute Gasteiger partial charge is 0.124 e. The van der Waals surface area contributed by atoms with Crippen molar-refractivity contribution >= 4 is 5.69 Å². The number of benzene rings is 2. The van der Waals surface area contributed by atoms with Gasteiger partial charge in [-0.15, -0.1) is 0 Å². The lowest BCUT2D eigenvalue weighted by atomic mass is 10.1. The minimum Gasteiger partial charge on any atom is -0.491 e. The molecule has 0 atom stereocenters. The summed E-state index contributed by atoms with van der Waals surface area (Å²) in [6, 6.07) is 16.6. The van der Waals surface area contributed by atoms with Gasteiger partial charge in [-0.1, -0.05) is 30.3 Å². The van der Waals surface area contributed by atoms with Crippen molar-refractivity contribution in [1.82, 2.24) is 0 Å². The van der Waals surface area contributed by atoms with Crippen LogP contribution in [0.2, 0.25) is 0 Å². The Hall–Kier alpha value is -2.00. The zero-order chi connectivity index (χ0) is 15.2. The summed E-state index contributed by atoms with van der Waals surface area (Å²) in [6.45, 7) is 5.40. The van der Waals surface area contributed by atoms with Gasteiger partial charge < -0.3 is 15.4 Å². The SMILES string of the molecule is CC(C)Oc1cc(CN(C)c2ccccc2)ccc1CN. The van der Waals surface area contributed by atoms with Crippen molar-refractivity contribution in [1.29, 1.82) is 0 Å². The number of anilines is 1. The van der Waals surface area contributed by atoms with Crippen LogP contribution in [0.4, 0.5) is 5.69 Å². The Kier molecular flexibility index (Phi) is 5.23. The van der Waals surface area contributed by atoms with Gasteiger partial charge in [0.2, 0.25) is 0 Å². The van der Waals surface area contributed by atoms with Crippen molar-refractivity contribution in [2.75, 3.05) is 11.9 Å². The highest BCUT2D eigenvalue weighted by molar-refractivity contribution is 5.47. The molecule has 0 unspecified atom stereocenters. The molecule has 0 saturated carbocycles. The first kappa shape index (κ1) is 15.4. The maximum atomic E-state index is 5.87. The van der Waals surface area contributed by atoms with Gasteiger partial charge in [-0.2, -0.15) is 0 Å². The molecular formula is C18H24N2O. The summed E-state index contributed by atoms with van der Waals surface area (Å²) in [5.41, 5.74) is 9.25. The fraction of sp³-hybridized carbons (Fsp3) is 0.333. The van der Waals surface area contributed by atoms with Crippen LogP contribution in [0.15, 0.2) is 48.5 Å². The Morgan fingerprint density at radius 2 is 1.81 bits per heavy atom. The van der Waals surface area contributed by atoms with Crippen LogP contribution in [0.1, 0.15) is 25.0 Å². The Morgan fingerprint density at radius 3 is 2.43 bits per heavy atom. The lowest BCUT2D eigenvalue weighted by molar-refractivity contribution is 0.240. The second kappa shape index (κ2) is 7.14. The predicted octanol–water partition coefficient (Wildman–Crippen LogP) is 3.57. The van der Waals surface area contributed by atoms with Gasteiger partial charge >= 0.3 is 0 Å². The van der Waals surface area contributed by atoms with Crippen molar-refractivity contribution in [2.24, 2.45) is 5.73 Å². The largest absolute Gasteiger partial charge is 0.491 e. The van der Waals surface area contributed by atoms with E-state index < -0.39 is 0 Å². The Labute approximate surface area is 127 Å². The molecule has 3 nitrogen and oxygen atoms in total. The topological polar surface area (TPSA) is 38.5 Å². The molecule has 112 valence electrons. The van der Waals surface area contributed by atoms with E-state index in [2.05, 4.69) is 54.4 Å². The highest BCUT2D eigenvalue weighted by Gasteiger charge is 2.08. The van der Waals surface area contributed by atoms with Gasteiger partial charge in [-0.25, -0.2) is 0 Å². The molecule has 0 spiro atoms. The number of rotatable bonds is 6. The molecule has 0 aliphatic heterocycles. The number of para-hydroxylation sites is 1. The van der Waals surface area contributed by atoms with E-state index in [9.17, 15) is 0 Å². The normalized spacial score (nSPS) is 10.7. The van der Waals surface area contributed by atoms with E-state index in [1.807, 2.05) is 19.9 Å². The van der Waals surface area contributed by atoms with Gasteiger partial charge in [0.25, 0.3) is 0 Å². The van der Waals surface area contributed by atoms with Crippen LogP contribution in [0, 0.1) is 0 Å². The van der Waals surface area contributed by atoms with Crippen LogP contribution in [0.3, 0.4) is 0 Å². The maximum absolute atomic E-state index is 5.87. The molecule has 2 aromatic rings. The molecule has 0 amide bonds. The van der Waals surface area contributed by atoms with E-state index in [-0.39, 0.29) is 6.10 Å². The van der Waals surface area contributed by atoms with Gasteiger partial charge in [0.1, 0.15) is 5.75 Å². The quantitative estimate of drug-likeness (QED) is 0.881. The summed E-state index contributed by atoms with van der Waals surface area (Å²) >= 11 is 0. The summed E-state index contributed by atoms with van der Waals surface area (Å²) < 4.78 is 5.87. The van der Waals surface area contributed by atoms with Crippen LogP contribution >= 0.6 is 0 Å². The molecule has 0 aromatic heterocycles. The first-order chi connectivity index (χ1) is 10.1. The van der Waals surface area contributed by atoms with Crippen LogP contribution in [-0.4, -0.2) is 13.2 Å². The molecule has 0 fully saturated rings. The summed E-state index contributed by atoms with van der Waals surface area (Å²) in [7, 11) is 2.09. The van der Waals surface area contributed by atoms with Crippen LogP contribution in [-0.2, 0) is 13.1 Å². The van der Waals surface area contributed by atoms with Gasteiger partial charge in [-0.05, 0) is 37.6 Å². The second-order valence-corrected chi connectivity index (χ2v) is 5.50. The second-order valence-electron chi connectivity index (χ2n) is 5.50. The molecule has 2 N–H and O–H groups in total. The van der Waals surface area contributed by atoms with Gasteiger partial charge in [0.15, 0.2) is 0 Å². The first-order valence-corrected chi connectivity index (χ1v) is 7.35. The van der Waals surface area contributed by atoms with Gasteiger partial charge in [-0.3, -0.25) is 0 Å². The van der Waals surface area contributed by atoms with Crippen molar-refractivity contribution in [2.45, 2.75) is 33.0 Å². The molecule has 0 aliphatic rings. The number of hydrogen-bond donors (Lipinski definition) is 1. The van der Waals surface area contributed by atoms with Crippen molar-refractivity contribution in [3.63, 3.8) is 0 Å². The van der Waals surface area contributed by atoms with E-state index >= 15 is 0 Å². The Balaban J connectivity index is 2.16. The highest BCUT2D eigenvalue weighted by atomic mass is 16.5. The first-order valence-electron chi connectivity index (χ1n) is 7.35. The van der Waals surface area contributed by atoms with Crippen LogP contribution in [0.25, 0.3) is 0 Å². The summed E-state index contributed by atoms with van der Waals surface area (Å²) in [5, 5.41) is 0. The van der Waals surface area contributed by atoms with Crippen molar-refractivity contribution < 1.29 is 4.74 Å². The minimum absolute atomic E-state index is 0.150. The van der Waals surface area contributed by atoms with Crippen molar-refractivity contribution in [3.8, 4) is 5.75 Å². The fourth-order valence-corrected chi connectivity index (χ4v) is 2.28. The average Bonchev–Trinajstić information content (AvgIpc) is 2.48. The molecular weight excluding hydrogens is 260 g/mol. The summed E-state index contributed by atoms with van der Waals surface area (Å²) in [5.74, 6) is 0.895. The van der Waals surface area contributed by atoms with E-state index in [4.69, 9.17) is 10.5 Å². The molecule has 0 radical (unpaired) electrons. The van der Waals surface area contributed by atoms with Crippen LogP contribution < -0.4 is 15.4 Å². The number of hydrogen-bond acceptors (Lipinski definition) is 3. The predicted molar refractivity (Wildman–Crippen MR) is 88.6 cm³/mol. The third kappa shape index (κ3) is 4.23. The zero-order valence-corrected chi connectivity index (χ0v) is 13.0. The summed E-state index contributed by atoms with van der Waals surface area (Å²) in [4.78, 5) is 2.22. The molecule has 0 aliphatic carbocycles. The molecule has 0 bridgehead atoms. The van der Waals surface area contributed by atoms with Crippen molar-refractivity contribution in [3.05, 3.63) is 59.7 Å². The van der Waals surface area contributed by atoms with Crippen LogP contribution in [0.5, 0.6) is 5.75 Å². The van der Waals surface area contributed by atoms with E-state index in [0.29, 0.717) is 6.54 Å².